The van der Waals surface area contributed by atoms with Gasteiger partial charge in [0.1, 0.15) is 12.4 Å². The maximum atomic E-state index is 13.5. The Morgan fingerprint density at radius 2 is 1.62 bits per heavy atom. The Kier molecular flexibility index (Phi) is 7.27. The first-order valence-corrected chi connectivity index (χ1v) is 13.4. The molecule has 8 nitrogen and oxygen atoms in total. The van der Waals surface area contributed by atoms with Crippen molar-refractivity contribution in [2.75, 3.05) is 27.1 Å². The summed E-state index contributed by atoms with van der Waals surface area (Å²) in [7, 11) is -7.73. The molecule has 0 aliphatic heterocycles. The first kappa shape index (κ1) is 25.2. The number of amides is 1. The van der Waals surface area contributed by atoms with Gasteiger partial charge in [-0.15, -0.1) is 0 Å². The molecule has 2 N–H and O–H groups in total. The number of halogens is 1. The van der Waals surface area contributed by atoms with Gasteiger partial charge in [-0.25, -0.2) is 21.2 Å². The monoisotopic (exact) mass is 505 g/mol. The Bertz CT molecular complexity index is 1420. The molecule has 3 aromatic rings. The molecule has 0 bridgehead atoms. The van der Waals surface area contributed by atoms with E-state index in [1.165, 1.54) is 36.4 Å². The van der Waals surface area contributed by atoms with Crippen LogP contribution in [0, 0.1) is 19.7 Å². The molecule has 1 amide bonds. The van der Waals surface area contributed by atoms with Gasteiger partial charge in [0.25, 0.3) is 10.0 Å². The number of rotatable bonds is 8. The fourth-order valence-corrected chi connectivity index (χ4v) is 5.10. The van der Waals surface area contributed by atoms with Gasteiger partial charge < -0.3 is 5.32 Å². The maximum absolute atomic E-state index is 13.5. The quantitative estimate of drug-likeness (QED) is 0.485. The molecule has 0 aliphatic carbocycles. The van der Waals surface area contributed by atoms with Gasteiger partial charge in [-0.1, -0.05) is 18.2 Å². The van der Waals surface area contributed by atoms with Crippen LogP contribution in [0.25, 0.3) is 0 Å². The van der Waals surface area contributed by atoms with Gasteiger partial charge in [0.05, 0.1) is 22.5 Å². The van der Waals surface area contributed by atoms with Crippen molar-refractivity contribution in [1.29, 1.82) is 0 Å². The van der Waals surface area contributed by atoms with Crippen molar-refractivity contribution in [2.24, 2.45) is 0 Å². The zero-order chi connectivity index (χ0) is 25.1. The summed E-state index contributed by atoms with van der Waals surface area (Å²) in [6.07, 6.45) is 0.910. The molecule has 0 saturated carbocycles. The Balaban J connectivity index is 1.73. The van der Waals surface area contributed by atoms with Crippen LogP contribution in [0.4, 0.5) is 21.5 Å². The lowest BCUT2D eigenvalue weighted by atomic mass is 10.1. The predicted molar refractivity (Wildman–Crippen MR) is 130 cm³/mol. The highest BCUT2D eigenvalue weighted by molar-refractivity contribution is 7.92. The van der Waals surface area contributed by atoms with E-state index in [0.717, 1.165) is 33.8 Å². The molecule has 0 atom stereocenters. The van der Waals surface area contributed by atoms with Crippen molar-refractivity contribution in [3.8, 4) is 0 Å². The van der Waals surface area contributed by atoms with E-state index in [9.17, 15) is 26.0 Å². The minimum atomic E-state index is -3.87. The highest BCUT2D eigenvalue weighted by atomic mass is 32.2. The van der Waals surface area contributed by atoms with E-state index < -0.39 is 38.3 Å². The summed E-state index contributed by atoms with van der Waals surface area (Å²) >= 11 is 0. The third-order valence-electron chi connectivity index (χ3n) is 4.87. The van der Waals surface area contributed by atoms with Gasteiger partial charge in [0.2, 0.25) is 15.9 Å². The number of sulfonamides is 2. The summed E-state index contributed by atoms with van der Waals surface area (Å²) in [6, 6.07) is 15.7. The number of carbonyl (C=O) groups excluding carboxylic acids is 1. The molecule has 3 rings (SSSR count). The number of benzene rings is 3. The lowest BCUT2D eigenvalue weighted by molar-refractivity contribution is -0.114. The van der Waals surface area contributed by atoms with Crippen LogP contribution in [-0.4, -0.2) is 35.5 Å². The van der Waals surface area contributed by atoms with Crippen LogP contribution >= 0.6 is 0 Å². The predicted octanol–water partition coefficient (Wildman–Crippen LogP) is 3.65. The number of carbonyl (C=O) groups is 1. The SMILES string of the molecule is Cc1ccc(C)c(NS(=O)(=O)c2ccc(NC(=O)CN(c3cccc(F)c3)S(C)(=O)=O)cc2)c1. The number of hydrogen-bond donors (Lipinski definition) is 2. The summed E-state index contributed by atoms with van der Waals surface area (Å²) in [6.45, 7) is 3.06. The molecule has 180 valence electrons. The molecule has 0 unspecified atom stereocenters. The number of hydrogen-bond acceptors (Lipinski definition) is 5. The van der Waals surface area contributed by atoms with Crippen molar-refractivity contribution in [2.45, 2.75) is 18.7 Å². The molecular weight excluding hydrogens is 481 g/mol. The van der Waals surface area contributed by atoms with Crippen LogP contribution in [0.2, 0.25) is 0 Å². The van der Waals surface area contributed by atoms with Gasteiger partial charge in [0.15, 0.2) is 0 Å². The second-order valence-corrected chi connectivity index (χ2v) is 11.3. The topological polar surface area (TPSA) is 113 Å². The standard InChI is InChI=1S/C23H24FN3O5S2/c1-16-7-8-17(2)22(13-16)26-34(31,32)21-11-9-19(10-12-21)25-23(28)15-27(33(3,29)30)20-6-4-5-18(24)14-20/h4-14,26H,15H2,1-3H3,(H,25,28). The summed E-state index contributed by atoms with van der Waals surface area (Å²) in [5.41, 5.74) is 2.42. The lowest BCUT2D eigenvalue weighted by Gasteiger charge is -2.22. The molecule has 0 heterocycles. The van der Waals surface area contributed by atoms with Crippen molar-refractivity contribution in [1.82, 2.24) is 0 Å². The molecular formula is C23H24FN3O5S2. The smallest absolute Gasteiger partial charge is 0.261 e. The van der Waals surface area contributed by atoms with Crippen molar-refractivity contribution in [3.63, 3.8) is 0 Å². The van der Waals surface area contributed by atoms with Crippen molar-refractivity contribution < 1.29 is 26.0 Å². The molecule has 0 radical (unpaired) electrons. The average Bonchev–Trinajstić information content (AvgIpc) is 2.74. The van der Waals surface area contributed by atoms with Gasteiger partial charge in [-0.3, -0.25) is 13.8 Å². The molecule has 11 heteroatoms. The maximum Gasteiger partial charge on any atom is 0.261 e. The summed E-state index contributed by atoms with van der Waals surface area (Å²) in [5, 5.41) is 2.52. The van der Waals surface area contributed by atoms with Crippen molar-refractivity contribution >= 4 is 43.0 Å². The van der Waals surface area contributed by atoms with Crippen LogP contribution in [0.15, 0.2) is 71.6 Å². The molecule has 3 aromatic carbocycles. The molecule has 0 spiro atoms. The highest BCUT2D eigenvalue weighted by Crippen LogP contribution is 2.23. The number of nitrogens with one attached hydrogen (secondary N) is 2. The third-order valence-corrected chi connectivity index (χ3v) is 7.39. The lowest BCUT2D eigenvalue weighted by Crippen LogP contribution is -2.37. The Morgan fingerprint density at radius 1 is 0.941 bits per heavy atom. The Labute approximate surface area is 198 Å². The first-order valence-electron chi connectivity index (χ1n) is 10.1. The van der Waals surface area contributed by atoms with Crippen LogP contribution in [0.5, 0.6) is 0 Å². The van der Waals surface area contributed by atoms with Crippen molar-refractivity contribution in [3.05, 3.63) is 83.7 Å². The highest BCUT2D eigenvalue weighted by Gasteiger charge is 2.22. The largest absolute Gasteiger partial charge is 0.325 e. The molecule has 0 aliphatic rings. The van der Waals surface area contributed by atoms with Gasteiger partial charge in [-0.05, 0) is 73.5 Å². The third kappa shape index (κ3) is 6.33. The summed E-state index contributed by atoms with van der Waals surface area (Å²) in [5.74, 6) is -1.32. The molecule has 0 fully saturated rings. The van der Waals surface area contributed by atoms with Gasteiger partial charge >= 0.3 is 0 Å². The van der Waals surface area contributed by atoms with Gasteiger partial charge in [0, 0.05) is 5.69 Å². The second-order valence-electron chi connectivity index (χ2n) is 7.75. The normalized spacial score (nSPS) is 11.6. The first-order chi connectivity index (χ1) is 15.8. The fraction of sp³-hybridized carbons (Fsp3) is 0.174. The van der Waals surface area contributed by atoms with E-state index in [1.54, 1.807) is 13.0 Å². The number of nitrogens with zero attached hydrogens (tertiary/aromatic N) is 1. The summed E-state index contributed by atoms with van der Waals surface area (Å²) in [4.78, 5) is 12.5. The zero-order valence-electron chi connectivity index (χ0n) is 18.7. The molecule has 0 aromatic heterocycles. The molecule has 0 saturated heterocycles. The van der Waals surface area contributed by atoms with E-state index in [2.05, 4.69) is 10.0 Å². The van der Waals surface area contributed by atoms with E-state index >= 15 is 0 Å². The van der Waals surface area contributed by atoms with Crippen LogP contribution < -0.4 is 14.3 Å². The number of anilines is 3. The van der Waals surface area contributed by atoms with Crippen LogP contribution in [-0.2, 0) is 24.8 Å². The van der Waals surface area contributed by atoms with E-state index in [-0.39, 0.29) is 16.3 Å². The number of aryl methyl sites for hydroxylation is 2. The van der Waals surface area contributed by atoms with E-state index in [4.69, 9.17) is 0 Å². The second kappa shape index (κ2) is 9.82. The Hall–Kier alpha value is -3.44. The minimum absolute atomic E-state index is 0.0103. The van der Waals surface area contributed by atoms with E-state index in [1.807, 2.05) is 19.1 Å². The Morgan fingerprint density at radius 3 is 2.24 bits per heavy atom. The average molecular weight is 506 g/mol. The fourth-order valence-electron chi connectivity index (χ4n) is 3.13. The van der Waals surface area contributed by atoms with Gasteiger partial charge in [-0.2, -0.15) is 0 Å². The van der Waals surface area contributed by atoms with Crippen LogP contribution in [0.1, 0.15) is 11.1 Å². The van der Waals surface area contributed by atoms with Crippen LogP contribution in [0.3, 0.4) is 0 Å². The summed E-state index contributed by atoms with van der Waals surface area (Å²) < 4.78 is 66.6. The minimum Gasteiger partial charge on any atom is -0.325 e. The van der Waals surface area contributed by atoms with E-state index in [0.29, 0.717) is 5.69 Å². The zero-order valence-corrected chi connectivity index (χ0v) is 20.4. The molecule has 34 heavy (non-hydrogen) atoms.